The van der Waals surface area contributed by atoms with Crippen LogP contribution in [0.15, 0.2) is 41.1 Å². The van der Waals surface area contributed by atoms with Crippen LogP contribution in [0.25, 0.3) is 11.1 Å². The monoisotopic (exact) mass is 425 g/mol. The highest BCUT2D eigenvalue weighted by molar-refractivity contribution is 5.91. The van der Waals surface area contributed by atoms with E-state index in [0.29, 0.717) is 37.8 Å². The van der Waals surface area contributed by atoms with Gasteiger partial charge in [-0.2, -0.15) is 0 Å². The maximum atomic E-state index is 13.4. The van der Waals surface area contributed by atoms with Gasteiger partial charge in [-0.15, -0.1) is 0 Å². The van der Waals surface area contributed by atoms with E-state index in [1.807, 2.05) is 21.0 Å². The summed E-state index contributed by atoms with van der Waals surface area (Å²) < 4.78 is 24.7. The lowest BCUT2D eigenvalue weighted by Crippen LogP contribution is -2.42. The average molecular weight is 425 g/mol. The Labute approximate surface area is 179 Å². The molecule has 0 N–H and O–H groups in total. The first-order valence-corrected chi connectivity index (χ1v) is 10.1. The van der Waals surface area contributed by atoms with Gasteiger partial charge in [0.25, 0.3) is 5.91 Å². The Morgan fingerprint density at radius 3 is 2.74 bits per heavy atom. The van der Waals surface area contributed by atoms with Crippen LogP contribution >= 0.6 is 0 Å². The number of ether oxygens (including phenoxy) is 1. The number of amides is 1. The molecule has 3 aromatic rings. The molecule has 1 amide bonds. The third-order valence-electron chi connectivity index (χ3n) is 5.15. The van der Waals surface area contributed by atoms with Crippen LogP contribution in [0.5, 0.6) is 0 Å². The topological polar surface area (TPSA) is 84.6 Å². The standard InChI is InChI=1S/C22H24FN5O3/c1-4-16-11-18(31-26-16)21(29)28-9-10-30-19(13-28)20-17(12-24-22(25-20)27(2)3)14-5-7-15(23)8-6-14/h5-8,11-12,19H,4,9-10,13H2,1-3H3/t19-/m1/s1. The largest absolute Gasteiger partial charge is 0.368 e. The molecule has 9 heteroatoms. The number of anilines is 1. The van der Waals surface area contributed by atoms with Crippen molar-refractivity contribution in [3.05, 3.63) is 59.5 Å². The summed E-state index contributed by atoms with van der Waals surface area (Å²) >= 11 is 0. The van der Waals surface area contributed by atoms with Crippen molar-refractivity contribution in [1.29, 1.82) is 0 Å². The third kappa shape index (κ3) is 4.41. The minimum Gasteiger partial charge on any atom is -0.368 e. The minimum atomic E-state index is -0.465. The van der Waals surface area contributed by atoms with Crippen molar-refractivity contribution in [3.63, 3.8) is 0 Å². The summed E-state index contributed by atoms with van der Waals surface area (Å²) in [7, 11) is 3.70. The summed E-state index contributed by atoms with van der Waals surface area (Å²) in [6.07, 6.45) is 1.93. The van der Waals surface area contributed by atoms with Crippen molar-refractivity contribution in [2.24, 2.45) is 0 Å². The lowest BCUT2D eigenvalue weighted by atomic mass is 10.0. The van der Waals surface area contributed by atoms with E-state index in [4.69, 9.17) is 14.2 Å². The van der Waals surface area contributed by atoms with E-state index in [1.54, 1.807) is 34.2 Å². The van der Waals surface area contributed by atoms with Crippen LogP contribution in [-0.2, 0) is 11.2 Å². The number of carbonyl (C=O) groups is 1. The molecule has 3 heterocycles. The molecule has 1 atom stereocenters. The summed E-state index contributed by atoms with van der Waals surface area (Å²) in [5.74, 6) is 0.190. The number of aryl methyl sites for hydroxylation is 1. The van der Waals surface area contributed by atoms with Crippen molar-refractivity contribution in [2.75, 3.05) is 38.7 Å². The molecule has 1 aliphatic heterocycles. The smallest absolute Gasteiger partial charge is 0.292 e. The average Bonchev–Trinajstić information content (AvgIpc) is 3.28. The van der Waals surface area contributed by atoms with E-state index in [0.717, 1.165) is 16.8 Å². The first-order chi connectivity index (χ1) is 15.0. The summed E-state index contributed by atoms with van der Waals surface area (Å²) in [6.45, 7) is 3.05. The molecule has 1 saturated heterocycles. The van der Waals surface area contributed by atoms with Crippen LogP contribution in [0.2, 0.25) is 0 Å². The van der Waals surface area contributed by atoms with Gasteiger partial charge in [-0.1, -0.05) is 24.2 Å². The zero-order valence-electron chi connectivity index (χ0n) is 17.7. The van der Waals surface area contributed by atoms with Gasteiger partial charge in [-0.25, -0.2) is 14.4 Å². The molecule has 4 rings (SSSR count). The molecule has 0 unspecified atom stereocenters. The Morgan fingerprint density at radius 2 is 2.06 bits per heavy atom. The van der Waals surface area contributed by atoms with Gasteiger partial charge in [0.2, 0.25) is 11.7 Å². The van der Waals surface area contributed by atoms with Gasteiger partial charge < -0.3 is 19.1 Å². The highest BCUT2D eigenvalue weighted by Crippen LogP contribution is 2.32. The summed E-state index contributed by atoms with van der Waals surface area (Å²) in [5, 5.41) is 3.91. The Morgan fingerprint density at radius 1 is 1.29 bits per heavy atom. The molecule has 1 fully saturated rings. The lowest BCUT2D eigenvalue weighted by Gasteiger charge is -2.33. The number of hydrogen-bond donors (Lipinski definition) is 0. The number of benzene rings is 1. The van der Waals surface area contributed by atoms with Crippen LogP contribution in [0.1, 0.15) is 35.0 Å². The highest BCUT2D eigenvalue weighted by atomic mass is 19.1. The van der Waals surface area contributed by atoms with Crippen molar-refractivity contribution in [2.45, 2.75) is 19.4 Å². The number of nitrogens with zero attached hydrogens (tertiary/aromatic N) is 5. The van der Waals surface area contributed by atoms with Crippen LogP contribution < -0.4 is 4.90 Å². The van der Waals surface area contributed by atoms with E-state index in [-0.39, 0.29) is 17.5 Å². The van der Waals surface area contributed by atoms with E-state index in [1.165, 1.54) is 12.1 Å². The van der Waals surface area contributed by atoms with Gasteiger partial charge in [0.15, 0.2) is 0 Å². The second-order valence-corrected chi connectivity index (χ2v) is 7.52. The van der Waals surface area contributed by atoms with Crippen molar-refractivity contribution in [3.8, 4) is 11.1 Å². The Kier molecular flexibility index (Phi) is 5.94. The molecular weight excluding hydrogens is 401 g/mol. The predicted octanol–water partition coefficient (Wildman–Crippen LogP) is 3.11. The second kappa shape index (κ2) is 8.81. The van der Waals surface area contributed by atoms with Gasteiger partial charge in [-0.3, -0.25) is 4.79 Å². The van der Waals surface area contributed by atoms with Crippen LogP contribution in [-0.4, -0.2) is 59.7 Å². The van der Waals surface area contributed by atoms with Crippen LogP contribution in [0.4, 0.5) is 10.3 Å². The molecule has 2 aromatic heterocycles. The fraction of sp³-hybridized carbons (Fsp3) is 0.364. The minimum absolute atomic E-state index is 0.216. The number of hydrogen-bond acceptors (Lipinski definition) is 7. The number of halogens is 1. The predicted molar refractivity (Wildman–Crippen MR) is 112 cm³/mol. The molecule has 0 aliphatic carbocycles. The van der Waals surface area contributed by atoms with Gasteiger partial charge in [0.05, 0.1) is 24.5 Å². The molecule has 1 aliphatic rings. The first-order valence-electron chi connectivity index (χ1n) is 10.1. The van der Waals surface area contributed by atoms with Crippen molar-refractivity contribution >= 4 is 11.9 Å². The van der Waals surface area contributed by atoms with Gasteiger partial charge in [-0.05, 0) is 24.1 Å². The maximum absolute atomic E-state index is 13.4. The molecular formula is C22H24FN5O3. The first kappa shape index (κ1) is 20.9. The fourth-order valence-electron chi connectivity index (χ4n) is 3.43. The van der Waals surface area contributed by atoms with E-state index in [2.05, 4.69) is 10.1 Å². The highest BCUT2D eigenvalue weighted by Gasteiger charge is 2.31. The van der Waals surface area contributed by atoms with Gasteiger partial charge >= 0.3 is 0 Å². The number of carbonyl (C=O) groups excluding carboxylic acids is 1. The van der Waals surface area contributed by atoms with Crippen molar-refractivity contribution in [1.82, 2.24) is 20.0 Å². The molecule has 8 nitrogen and oxygen atoms in total. The van der Waals surface area contributed by atoms with Crippen LogP contribution in [0.3, 0.4) is 0 Å². The van der Waals surface area contributed by atoms with E-state index >= 15 is 0 Å². The van der Waals surface area contributed by atoms with E-state index in [9.17, 15) is 9.18 Å². The Bertz CT molecular complexity index is 1070. The number of morpholine rings is 1. The molecule has 0 bridgehead atoms. The molecule has 1 aromatic carbocycles. The van der Waals surface area contributed by atoms with Gasteiger partial charge in [0, 0.05) is 38.5 Å². The molecule has 0 saturated carbocycles. The SMILES string of the molecule is CCc1cc(C(=O)N2CCO[C@@H](c3nc(N(C)C)ncc3-c3ccc(F)cc3)C2)on1. The number of rotatable bonds is 5. The molecule has 162 valence electrons. The number of aromatic nitrogens is 3. The Balaban J connectivity index is 1.66. The van der Waals surface area contributed by atoms with Crippen molar-refractivity contribution < 1.29 is 18.4 Å². The molecule has 31 heavy (non-hydrogen) atoms. The quantitative estimate of drug-likeness (QED) is 0.621. The molecule has 0 spiro atoms. The zero-order valence-corrected chi connectivity index (χ0v) is 17.7. The fourth-order valence-corrected chi connectivity index (χ4v) is 3.43. The Hall–Kier alpha value is -3.33. The maximum Gasteiger partial charge on any atom is 0.292 e. The molecule has 0 radical (unpaired) electrons. The second-order valence-electron chi connectivity index (χ2n) is 7.52. The summed E-state index contributed by atoms with van der Waals surface area (Å²) in [4.78, 5) is 25.5. The normalized spacial score (nSPS) is 16.4. The van der Waals surface area contributed by atoms with Crippen LogP contribution in [0, 0.1) is 5.82 Å². The van der Waals surface area contributed by atoms with Gasteiger partial charge in [0.1, 0.15) is 11.9 Å². The summed E-state index contributed by atoms with van der Waals surface area (Å²) in [6, 6.07) is 7.82. The third-order valence-corrected chi connectivity index (χ3v) is 5.15. The van der Waals surface area contributed by atoms with E-state index < -0.39 is 6.10 Å². The zero-order chi connectivity index (χ0) is 22.0. The lowest BCUT2D eigenvalue weighted by molar-refractivity contribution is -0.0256. The summed E-state index contributed by atoms with van der Waals surface area (Å²) in [5.41, 5.74) is 2.89.